The highest BCUT2D eigenvalue weighted by atomic mass is 79.9. The fraction of sp³-hybridized carbons (Fsp3) is 0.556. The molecule has 0 saturated carbocycles. The third-order valence-corrected chi connectivity index (χ3v) is 3.15. The minimum atomic E-state index is 0.191. The highest BCUT2D eigenvalue weighted by molar-refractivity contribution is 9.10. The number of nitrogens with two attached hydrogens (primary N) is 1. The van der Waals surface area contributed by atoms with Crippen molar-refractivity contribution in [1.82, 2.24) is 9.97 Å². The lowest BCUT2D eigenvalue weighted by molar-refractivity contribution is 0.121. The summed E-state index contributed by atoms with van der Waals surface area (Å²) in [7, 11) is 0. The van der Waals surface area contributed by atoms with Crippen molar-refractivity contribution < 1.29 is 4.74 Å². The third kappa shape index (κ3) is 2.42. The SMILES string of the molecule is CC1OCCC1Nc1nc(NN)ncc1Br. The van der Waals surface area contributed by atoms with Crippen LogP contribution in [0, 0.1) is 0 Å². The van der Waals surface area contributed by atoms with Crippen molar-refractivity contribution in [3.05, 3.63) is 10.7 Å². The predicted octanol–water partition coefficient (Wildman–Crippen LogP) is 1.11. The number of hydrazine groups is 1. The van der Waals surface area contributed by atoms with Crippen LogP contribution in [0.2, 0.25) is 0 Å². The average Bonchev–Trinajstić information content (AvgIpc) is 2.68. The predicted molar refractivity (Wildman–Crippen MR) is 65.0 cm³/mol. The molecule has 0 bridgehead atoms. The van der Waals surface area contributed by atoms with Crippen LogP contribution < -0.4 is 16.6 Å². The van der Waals surface area contributed by atoms with Crippen LogP contribution in [0.25, 0.3) is 0 Å². The normalized spacial score (nSPS) is 24.4. The quantitative estimate of drug-likeness (QED) is 0.571. The molecule has 2 unspecified atom stereocenters. The van der Waals surface area contributed by atoms with Gasteiger partial charge in [0.2, 0.25) is 5.95 Å². The van der Waals surface area contributed by atoms with Gasteiger partial charge in [0, 0.05) is 12.8 Å². The molecule has 4 N–H and O–H groups in total. The summed E-state index contributed by atoms with van der Waals surface area (Å²) in [6.07, 6.45) is 2.82. The molecular formula is C9H14BrN5O. The summed E-state index contributed by atoms with van der Waals surface area (Å²) in [4.78, 5) is 8.21. The molecule has 0 aliphatic carbocycles. The van der Waals surface area contributed by atoms with Crippen LogP contribution >= 0.6 is 15.9 Å². The molecule has 1 aliphatic rings. The van der Waals surface area contributed by atoms with Crippen LogP contribution in [0.1, 0.15) is 13.3 Å². The van der Waals surface area contributed by atoms with E-state index in [1.165, 1.54) is 0 Å². The van der Waals surface area contributed by atoms with Crippen LogP contribution in [0.15, 0.2) is 10.7 Å². The summed E-state index contributed by atoms with van der Waals surface area (Å²) in [6, 6.07) is 0.275. The Morgan fingerprint density at radius 3 is 3.06 bits per heavy atom. The lowest BCUT2D eigenvalue weighted by atomic mass is 10.1. The number of nitrogen functional groups attached to an aromatic ring is 1. The Labute approximate surface area is 102 Å². The summed E-state index contributed by atoms with van der Waals surface area (Å²) >= 11 is 3.39. The molecule has 1 aromatic heterocycles. The Morgan fingerprint density at radius 1 is 1.62 bits per heavy atom. The van der Waals surface area contributed by atoms with Gasteiger partial charge >= 0.3 is 0 Å². The Balaban J connectivity index is 2.13. The first-order valence-electron chi connectivity index (χ1n) is 5.08. The lowest BCUT2D eigenvalue weighted by Gasteiger charge is -2.17. The molecule has 2 atom stereocenters. The first kappa shape index (κ1) is 11.6. The van der Waals surface area contributed by atoms with Gasteiger partial charge in [0.1, 0.15) is 5.82 Å². The zero-order valence-electron chi connectivity index (χ0n) is 8.90. The average molecular weight is 288 g/mol. The van der Waals surface area contributed by atoms with Gasteiger partial charge in [-0.3, -0.25) is 5.43 Å². The van der Waals surface area contributed by atoms with E-state index in [9.17, 15) is 0 Å². The number of nitrogens with zero attached hydrogens (tertiary/aromatic N) is 2. The van der Waals surface area contributed by atoms with Crippen molar-refractivity contribution >= 4 is 27.7 Å². The van der Waals surface area contributed by atoms with Crippen molar-refractivity contribution in [3.8, 4) is 0 Å². The van der Waals surface area contributed by atoms with Crippen molar-refractivity contribution in [2.75, 3.05) is 17.3 Å². The van der Waals surface area contributed by atoms with E-state index in [0.29, 0.717) is 5.95 Å². The van der Waals surface area contributed by atoms with E-state index in [-0.39, 0.29) is 12.1 Å². The molecule has 16 heavy (non-hydrogen) atoms. The van der Waals surface area contributed by atoms with Gasteiger partial charge in [0.15, 0.2) is 0 Å². The van der Waals surface area contributed by atoms with E-state index >= 15 is 0 Å². The highest BCUT2D eigenvalue weighted by Crippen LogP contribution is 2.24. The van der Waals surface area contributed by atoms with Crippen LogP contribution in [-0.4, -0.2) is 28.7 Å². The van der Waals surface area contributed by atoms with E-state index in [1.807, 2.05) is 6.92 Å². The first-order chi connectivity index (χ1) is 7.70. The second kappa shape index (κ2) is 4.94. The number of ether oxygens (including phenoxy) is 1. The molecule has 0 spiro atoms. The summed E-state index contributed by atoms with van der Waals surface area (Å²) in [5, 5.41) is 3.32. The molecule has 0 aromatic carbocycles. The van der Waals surface area contributed by atoms with E-state index in [4.69, 9.17) is 10.6 Å². The third-order valence-electron chi connectivity index (χ3n) is 2.57. The fourth-order valence-electron chi connectivity index (χ4n) is 1.63. The smallest absolute Gasteiger partial charge is 0.239 e. The van der Waals surface area contributed by atoms with Crippen LogP contribution in [0.5, 0.6) is 0 Å². The van der Waals surface area contributed by atoms with Gasteiger partial charge in [0.25, 0.3) is 0 Å². The van der Waals surface area contributed by atoms with Crippen LogP contribution in [-0.2, 0) is 4.74 Å². The minimum absolute atomic E-state index is 0.191. The Morgan fingerprint density at radius 2 is 2.44 bits per heavy atom. The van der Waals surface area contributed by atoms with E-state index in [2.05, 4.69) is 36.6 Å². The molecule has 0 amide bonds. The number of aromatic nitrogens is 2. The summed E-state index contributed by atoms with van der Waals surface area (Å²) < 4.78 is 6.28. The number of hydrogen-bond acceptors (Lipinski definition) is 6. The van der Waals surface area contributed by atoms with Gasteiger partial charge in [-0.15, -0.1) is 0 Å². The van der Waals surface area contributed by atoms with Gasteiger partial charge in [-0.1, -0.05) is 0 Å². The van der Waals surface area contributed by atoms with Gasteiger partial charge < -0.3 is 10.1 Å². The number of halogens is 1. The zero-order chi connectivity index (χ0) is 11.5. The molecule has 1 aromatic rings. The Hall–Kier alpha value is -0.920. The molecule has 2 heterocycles. The van der Waals surface area contributed by atoms with Gasteiger partial charge in [-0.05, 0) is 29.3 Å². The molecular weight excluding hydrogens is 274 g/mol. The second-order valence-electron chi connectivity index (χ2n) is 3.65. The van der Waals surface area contributed by atoms with Gasteiger partial charge in [-0.25, -0.2) is 10.8 Å². The maximum absolute atomic E-state index is 5.47. The van der Waals surface area contributed by atoms with Crippen LogP contribution in [0.3, 0.4) is 0 Å². The number of rotatable bonds is 3. The standard InChI is InChI=1S/C9H14BrN5O/c1-5-7(2-3-16-5)13-8-6(10)4-12-9(14-8)15-11/h4-5,7H,2-3,11H2,1H3,(H2,12,13,14,15). The fourth-order valence-corrected chi connectivity index (χ4v) is 1.94. The summed E-state index contributed by atoms with van der Waals surface area (Å²) in [5.41, 5.74) is 2.42. The summed E-state index contributed by atoms with van der Waals surface area (Å²) in [5.74, 6) is 6.37. The molecule has 6 nitrogen and oxygen atoms in total. The molecule has 1 saturated heterocycles. The molecule has 88 valence electrons. The van der Waals surface area contributed by atoms with E-state index < -0.39 is 0 Å². The van der Waals surface area contributed by atoms with Crippen molar-refractivity contribution in [1.29, 1.82) is 0 Å². The number of nitrogens with one attached hydrogen (secondary N) is 2. The number of hydrogen-bond donors (Lipinski definition) is 3. The maximum atomic E-state index is 5.47. The van der Waals surface area contributed by atoms with Gasteiger partial charge in [-0.2, -0.15) is 4.98 Å². The molecule has 7 heteroatoms. The second-order valence-corrected chi connectivity index (χ2v) is 4.50. The van der Waals surface area contributed by atoms with Gasteiger partial charge in [0.05, 0.1) is 16.6 Å². The number of anilines is 2. The first-order valence-corrected chi connectivity index (χ1v) is 5.87. The molecule has 2 rings (SSSR count). The van der Waals surface area contributed by atoms with Crippen molar-refractivity contribution in [3.63, 3.8) is 0 Å². The topological polar surface area (TPSA) is 85.1 Å². The monoisotopic (exact) mass is 287 g/mol. The molecule has 0 radical (unpaired) electrons. The van der Waals surface area contributed by atoms with Crippen molar-refractivity contribution in [2.24, 2.45) is 5.84 Å². The lowest BCUT2D eigenvalue weighted by Crippen LogP contribution is -2.27. The Bertz CT molecular complexity index is 375. The summed E-state index contributed by atoms with van der Waals surface area (Å²) in [6.45, 7) is 2.82. The van der Waals surface area contributed by atoms with E-state index in [1.54, 1.807) is 6.20 Å². The minimum Gasteiger partial charge on any atom is -0.376 e. The van der Waals surface area contributed by atoms with Crippen LogP contribution in [0.4, 0.5) is 11.8 Å². The van der Waals surface area contributed by atoms with Crippen molar-refractivity contribution in [2.45, 2.75) is 25.5 Å². The highest BCUT2D eigenvalue weighted by Gasteiger charge is 2.25. The maximum Gasteiger partial charge on any atom is 0.239 e. The zero-order valence-corrected chi connectivity index (χ0v) is 10.5. The largest absolute Gasteiger partial charge is 0.376 e. The van der Waals surface area contributed by atoms with E-state index in [0.717, 1.165) is 23.3 Å². The molecule has 1 aliphatic heterocycles. The Kier molecular flexibility index (Phi) is 3.57. The molecule has 1 fully saturated rings.